The van der Waals surface area contributed by atoms with Crippen LogP contribution in [0.4, 0.5) is 0 Å². The maximum Gasteiger partial charge on any atom is 0.128 e. The van der Waals surface area contributed by atoms with Crippen molar-refractivity contribution in [3.63, 3.8) is 0 Å². The van der Waals surface area contributed by atoms with E-state index in [0.29, 0.717) is 5.57 Å². The number of nitriles is 2. The lowest BCUT2D eigenvalue weighted by Gasteiger charge is -1.99. The van der Waals surface area contributed by atoms with Crippen LogP contribution in [-0.4, -0.2) is 0 Å². The Hall–Kier alpha value is -1.28. The maximum absolute atomic E-state index is 8.64. The molecule has 0 bridgehead atoms. The lowest BCUT2D eigenvalue weighted by Crippen LogP contribution is -1.86. The molecule has 0 unspecified atom stereocenters. The van der Waals surface area contributed by atoms with Gasteiger partial charge in [-0.15, -0.1) is 0 Å². The average molecular weight is 160 g/mol. The molecule has 0 aliphatic heterocycles. The van der Waals surface area contributed by atoms with E-state index in [1.165, 1.54) is 12.8 Å². The van der Waals surface area contributed by atoms with Crippen molar-refractivity contribution in [3.05, 3.63) is 11.1 Å². The predicted molar refractivity (Wildman–Crippen MR) is 46.0 cm³/mol. The summed E-state index contributed by atoms with van der Waals surface area (Å²) in [6.45, 7) is 0. The zero-order chi connectivity index (χ0) is 8.81. The molecule has 1 aliphatic rings. The van der Waals surface area contributed by atoms with Crippen LogP contribution in [-0.2, 0) is 0 Å². The molecular formula is C10H12N2. The fourth-order valence-corrected chi connectivity index (χ4v) is 1.59. The van der Waals surface area contributed by atoms with Gasteiger partial charge in [-0.2, -0.15) is 10.5 Å². The van der Waals surface area contributed by atoms with Crippen molar-refractivity contribution >= 4 is 0 Å². The van der Waals surface area contributed by atoms with E-state index in [9.17, 15) is 0 Å². The Morgan fingerprint density at radius 1 is 0.917 bits per heavy atom. The quantitative estimate of drug-likeness (QED) is 0.404. The van der Waals surface area contributed by atoms with Gasteiger partial charge in [0.25, 0.3) is 0 Å². The second kappa shape index (κ2) is 4.57. The number of nitrogens with zero attached hydrogens (tertiary/aromatic N) is 2. The molecule has 0 N–H and O–H groups in total. The molecule has 0 radical (unpaired) electrons. The molecule has 0 heterocycles. The third-order valence-corrected chi connectivity index (χ3v) is 2.28. The van der Waals surface area contributed by atoms with Crippen molar-refractivity contribution in [1.82, 2.24) is 0 Å². The summed E-state index contributed by atoms with van der Waals surface area (Å²) in [5.41, 5.74) is 1.44. The highest BCUT2D eigenvalue weighted by Gasteiger charge is 2.09. The van der Waals surface area contributed by atoms with E-state index < -0.39 is 0 Å². The first-order valence-corrected chi connectivity index (χ1v) is 4.40. The number of hydrogen-bond acceptors (Lipinski definition) is 2. The van der Waals surface area contributed by atoms with Gasteiger partial charge in [-0.1, -0.05) is 12.8 Å². The zero-order valence-electron chi connectivity index (χ0n) is 7.14. The van der Waals surface area contributed by atoms with Crippen molar-refractivity contribution in [3.8, 4) is 12.1 Å². The van der Waals surface area contributed by atoms with E-state index in [0.717, 1.165) is 31.3 Å². The fourth-order valence-electron chi connectivity index (χ4n) is 1.59. The molecule has 0 aromatic carbocycles. The highest BCUT2D eigenvalue weighted by Crippen LogP contribution is 2.24. The molecule has 0 aromatic rings. The van der Waals surface area contributed by atoms with Crippen LogP contribution in [0, 0.1) is 22.7 Å². The Bertz CT molecular complexity index is 237. The lowest BCUT2D eigenvalue weighted by atomic mass is 10.0. The molecule has 12 heavy (non-hydrogen) atoms. The van der Waals surface area contributed by atoms with Crippen molar-refractivity contribution in [2.45, 2.75) is 38.5 Å². The van der Waals surface area contributed by atoms with Gasteiger partial charge in [0, 0.05) is 0 Å². The minimum absolute atomic E-state index is 0.358. The van der Waals surface area contributed by atoms with Gasteiger partial charge in [0.05, 0.1) is 0 Å². The minimum atomic E-state index is 0.358. The van der Waals surface area contributed by atoms with Crippen LogP contribution in [0.15, 0.2) is 11.1 Å². The van der Waals surface area contributed by atoms with Gasteiger partial charge in [0.15, 0.2) is 0 Å². The van der Waals surface area contributed by atoms with Gasteiger partial charge in [0.2, 0.25) is 0 Å². The molecule has 1 fully saturated rings. The average Bonchev–Trinajstić information content (AvgIpc) is 2.35. The van der Waals surface area contributed by atoms with Crippen molar-refractivity contribution in [2.24, 2.45) is 0 Å². The zero-order valence-corrected chi connectivity index (χ0v) is 7.14. The first kappa shape index (κ1) is 8.81. The summed E-state index contributed by atoms with van der Waals surface area (Å²) >= 11 is 0. The fraction of sp³-hybridized carbons (Fsp3) is 0.600. The van der Waals surface area contributed by atoms with Gasteiger partial charge in [-0.05, 0) is 31.3 Å². The minimum Gasteiger partial charge on any atom is -0.192 e. The van der Waals surface area contributed by atoms with Crippen molar-refractivity contribution in [2.75, 3.05) is 0 Å². The summed E-state index contributed by atoms with van der Waals surface area (Å²) in [6, 6.07) is 3.94. The molecule has 0 saturated heterocycles. The molecule has 2 nitrogen and oxygen atoms in total. The number of rotatable bonds is 0. The summed E-state index contributed by atoms with van der Waals surface area (Å²) < 4.78 is 0. The van der Waals surface area contributed by atoms with Crippen LogP contribution in [0.25, 0.3) is 0 Å². The van der Waals surface area contributed by atoms with E-state index >= 15 is 0 Å². The molecule has 0 atom stereocenters. The van der Waals surface area contributed by atoms with Gasteiger partial charge >= 0.3 is 0 Å². The Morgan fingerprint density at radius 2 is 1.42 bits per heavy atom. The smallest absolute Gasteiger partial charge is 0.128 e. The van der Waals surface area contributed by atoms with Crippen molar-refractivity contribution < 1.29 is 0 Å². The largest absolute Gasteiger partial charge is 0.192 e. The van der Waals surface area contributed by atoms with E-state index in [1.54, 1.807) is 0 Å². The molecule has 62 valence electrons. The summed E-state index contributed by atoms with van der Waals surface area (Å²) in [7, 11) is 0. The molecule has 0 amide bonds. The first-order chi connectivity index (χ1) is 5.88. The SMILES string of the molecule is N#CC(C#N)=C1CCCCCC1. The Morgan fingerprint density at radius 3 is 1.83 bits per heavy atom. The van der Waals surface area contributed by atoms with E-state index in [4.69, 9.17) is 10.5 Å². The second-order valence-corrected chi connectivity index (χ2v) is 3.12. The highest BCUT2D eigenvalue weighted by atomic mass is 14.3. The van der Waals surface area contributed by atoms with E-state index in [1.807, 2.05) is 12.1 Å². The van der Waals surface area contributed by atoms with E-state index in [2.05, 4.69) is 0 Å². The Kier molecular flexibility index (Phi) is 3.35. The Labute approximate surface area is 73.1 Å². The first-order valence-electron chi connectivity index (χ1n) is 4.40. The normalized spacial score (nSPS) is 17.3. The molecule has 0 spiro atoms. The topological polar surface area (TPSA) is 47.6 Å². The summed E-state index contributed by atoms with van der Waals surface area (Å²) in [5, 5.41) is 17.3. The monoisotopic (exact) mass is 160 g/mol. The van der Waals surface area contributed by atoms with E-state index in [-0.39, 0.29) is 0 Å². The summed E-state index contributed by atoms with van der Waals surface area (Å²) in [5.74, 6) is 0. The van der Waals surface area contributed by atoms with Crippen LogP contribution in [0.3, 0.4) is 0 Å². The number of allylic oxidation sites excluding steroid dienone is 2. The third-order valence-electron chi connectivity index (χ3n) is 2.28. The van der Waals surface area contributed by atoms with Crippen molar-refractivity contribution in [1.29, 1.82) is 10.5 Å². The molecule has 1 rings (SSSR count). The van der Waals surface area contributed by atoms with Crippen LogP contribution in [0.5, 0.6) is 0 Å². The predicted octanol–water partition coefficient (Wildman–Crippen LogP) is 2.68. The molecule has 0 aromatic heterocycles. The molecule has 1 saturated carbocycles. The van der Waals surface area contributed by atoms with Gasteiger partial charge < -0.3 is 0 Å². The maximum atomic E-state index is 8.64. The second-order valence-electron chi connectivity index (χ2n) is 3.12. The van der Waals surface area contributed by atoms with Gasteiger partial charge in [-0.25, -0.2) is 0 Å². The summed E-state index contributed by atoms with van der Waals surface area (Å²) in [6.07, 6.45) is 6.68. The van der Waals surface area contributed by atoms with Crippen LogP contribution >= 0.6 is 0 Å². The Balaban J connectivity index is 2.78. The molecule has 1 aliphatic carbocycles. The van der Waals surface area contributed by atoms with Crippen LogP contribution in [0.1, 0.15) is 38.5 Å². The van der Waals surface area contributed by atoms with Gasteiger partial charge in [-0.3, -0.25) is 0 Å². The summed E-state index contributed by atoms with van der Waals surface area (Å²) in [4.78, 5) is 0. The lowest BCUT2D eigenvalue weighted by molar-refractivity contribution is 0.702. The molecule has 2 heteroatoms. The van der Waals surface area contributed by atoms with Gasteiger partial charge in [0.1, 0.15) is 17.7 Å². The van der Waals surface area contributed by atoms with Crippen LogP contribution < -0.4 is 0 Å². The standard InChI is InChI=1S/C10H12N2/c11-7-10(8-12)9-5-3-1-2-4-6-9/h1-6H2. The number of hydrogen-bond donors (Lipinski definition) is 0. The molecular weight excluding hydrogens is 148 g/mol. The van der Waals surface area contributed by atoms with Crippen LogP contribution in [0.2, 0.25) is 0 Å². The highest BCUT2D eigenvalue weighted by molar-refractivity contribution is 5.40. The third kappa shape index (κ3) is 2.10.